The Labute approximate surface area is 202 Å². The fraction of sp³-hybridized carbons (Fsp3) is 0.560. The number of ether oxygens (including phenoxy) is 1. The number of carbonyl (C=O) groups is 3. The van der Waals surface area contributed by atoms with Gasteiger partial charge in [0.15, 0.2) is 0 Å². The summed E-state index contributed by atoms with van der Waals surface area (Å²) in [4.78, 5) is 44.3. The van der Waals surface area contributed by atoms with Gasteiger partial charge in [-0.2, -0.15) is 0 Å². The molecular weight excluding hydrogens is 434 g/mol. The van der Waals surface area contributed by atoms with E-state index in [1.54, 1.807) is 11.8 Å². The second-order valence-electron chi connectivity index (χ2n) is 8.57. The SMILES string of the molecule is CCNC(=O)N1CCCN(CC2=C(C(=O)OCC)[C@@H](c3cccc(C)c3)NC(=O)N2CC)CC1. The Balaban J connectivity index is 1.96. The first-order chi connectivity index (χ1) is 16.4. The molecule has 2 aliphatic rings. The normalized spacial score (nSPS) is 19.5. The van der Waals surface area contributed by atoms with Crippen molar-refractivity contribution in [3.8, 4) is 0 Å². The van der Waals surface area contributed by atoms with E-state index in [9.17, 15) is 14.4 Å². The predicted octanol–water partition coefficient (Wildman–Crippen LogP) is 2.64. The van der Waals surface area contributed by atoms with E-state index in [1.165, 1.54) is 0 Å². The maximum absolute atomic E-state index is 13.2. The second kappa shape index (κ2) is 11.9. The summed E-state index contributed by atoms with van der Waals surface area (Å²) in [5, 5.41) is 5.88. The van der Waals surface area contributed by atoms with Crippen molar-refractivity contribution in [3.63, 3.8) is 0 Å². The molecule has 1 aromatic rings. The van der Waals surface area contributed by atoms with Crippen molar-refractivity contribution >= 4 is 18.0 Å². The van der Waals surface area contributed by atoms with Gasteiger partial charge < -0.3 is 20.3 Å². The van der Waals surface area contributed by atoms with Gasteiger partial charge in [-0.25, -0.2) is 14.4 Å². The third kappa shape index (κ3) is 5.88. The van der Waals surface area contributed by atoms with Crippen molar-refractivity contribution < 1.29 is 19.1 Å². The number of nitrogens with one attached hydrogen (secondary N) is 2. The van der Waals surface area contributed by atoms with Crippen LogP contribution in [0.4, 0.5) is 9.59 Å². The predicted molar refractivity (Wildman–Crippen MR) is 130 cm³/mol. The van der Waals surface area contributed by atoms with Crippen molar-refractivity contribution in [3.05, 3.63) is 46.7 Å². The largest absolute Gasteiger partial charge is 0.463 e. The molecule has 0 aromatic heterocycles. The highest BCUT2D eigenvalue weighted by Crippen LogP contribution is 2.32. The van der Waals surface area contributed by atoms with Crippen molar-refractivity contribution in [2.75, 3.05) is 52.4 Å². The van der Waals surface area contributed by atoms with Gasteiger partial charge in [0.25, 0.3) is 0 Å². The van der Waals surface area contributed by atoms with Crippen molar-refractivity contribution in [2.24, 2.45) is 0 Å². The number of hydrogen-bond acceptors (Lipinski definition) is 5. The molecule has 2 heterocycles. The lowest BCUT2D eigenvalue weighted by Crippen LogP contribution is -2.51. The van der Waals surface area contributed by atoms with Gasteiger partial charge in [0, 0.05) is 51.5 Å². The number of likely N-dealkylation sites (N-methyl/N-ethyl adjacent to an activating group) is 1. The van der Waals surface area contributed by atoms with Crippen LogP contribution in [0.15, 0.2) is 35.5 Å². The molecule has 0 saturated carbocycles. The van der Waals surface area contributed by atoms with Gasteiger partial charge in [0.1, 0.15) is 0 Å². The Bertz CT molecular complexity index is 932. The third-order valence-electron chi connectivity index (χ3n) is 6.20. The lowest BCUT2D eigenvalue weighted by atomic mass is 9.93. The standard InChI is InChI=1S/C25H37N5O4/c1-5-26-24(32)29-13-9-12-28(14-15-29)17-20-21(23(31)34-7-3)22(27-25(33)30(20)6-2)19-11-8-10-18(4)16-19/h8,10-11,16,22H,5-7,9,12-15,17H2,1-4H3,(H,26,32)(H,27,33)/t22-/m1/s1. The number of hydrogen-bond donors (Lipinski definition) is 2. The third-order valence-corrected chi connectivity index (χ3v) is 6.20. The van der Waals surface area contributed by atoms with Gasteiger partial charge in [-0.15, -0.1) is 0 Å². The molecule has 4 amide bonds. The number of rotatable bonds is 7. The van der Waals surface area contributed by atoms with Gasteiger partial charge in [-0.05, 0) is 39.7 Å². The van der Waals surface area contributed by atoms with Crippen LogP contribution in [0.5, 0.6) is 0 Å². The Kier molecular flexibility index (Phi) is 8.92. The summed E-state index contributed by atoms with van der Waals surface area (Å²) in [5.74, 6) is -0.416. The van der Waals surface area contributed by atoms with E-state index >= 15 is 0 Å². The zero-order valence-electron chi connectivity index (χ0n) is 20.7. The van der Waals surface area contributed by atoms with Crippen molar-refractivity contribution in [2.45, 2.75) is 40.2 Å². The van der Waals surface area contributed by atoms with Crippen LogP contribution >= 0.6 is 0 Å². The molecule has 34 heavy (non-hydrogen) atoms. The van der Waals surface area contributed by atoms with E-state index in [0.29, 0.717) is 50.5 Å². The molecule has 1 saturated heterocycles. The van der Waals surface area contributed by atoms with Crippen LogP contribution in [0.25, 0.3) is 0 Å². The molecule has 1 atom stereocenters. The Morgan fingerprint density at radius 1 is 1.15 bits per heavy atom. The van der Waals surface area contributed by atoms with Gasteiger partial charge in [0.2, 0.25) is 0 Å². The van der Waals surface area contributed by atoms with E-state index in [0.717, 1.165) is 24.1 Å². The van der Waals surface area contributed by atoms with Crippen LogP contribution in [0.3, 0.4) is 0 Å². The van der Waals surface area contributed by atoms with Gasteiger partial charge in [0.05, 0.1) is 18.2 Å². The molecule has 3 rings (SSSR count). The summed E-state index contributed by atoms with van der Waals surface area (Å²) >= 11 is 0. The summed E-state index contributed by atoms with van der Waals surface area (Å²) < 4.78 is 5.46. The number of aryl methyl sites for hydroxylation is 1. The zero-order chi connectivity index (χ0) is 24.7. The average molecular weight is 472 g/mol. The molecular formula is C25H37N5O4. The maximum atomic E-state index is 13.2. The molecule has 2 aliphatic heterocycles. The molecule has 0 radical (unpaired) electrons. The molecule has 186 valence electrons. The Morgan fingerprint density at radius 2 is 1.94 bits per heavy atom. The summed E-state index contributed by atoms with van der Waals surface area (Å²) in [6.07, 6.45) is 0.818. The topological polar surface area (TPSA) is 94.2 Å². The van der Waals surface area contributed by atoms with Crippen molar-refractivity contribution in [1.82, 2.24) is 25.3 Å². The Hall–Kier alpha value is -3.07. The molecule has 9 nitrogen and oxygen atoms in total. The first-order valence-electron chi connectivity index (χ1n) is 12.2. The minimum absolute atomic E-state index is 0.0532. The van der Waals surface area contributed by atoms with E-state index in [-0.39, 0.29) is 18.7 Å². The number of amides is 4. The quantitative estimate of drug-likeness (QED) is 0.597. The first-order valence-corrected chi connectivity index (χ1v) is 12.2. The molecule has 0 aliphatic carbocycles. The Morgan fingerprint density at radius 3 is 2.62 bits per heavy atom. The summed E-state index contributed by atoms with van der Waals surface area (Å²) in [7, 11) is 0. The van der Waals surface area contributed by atoms with Crippen LogP contribution in [-0.2, 0) is 9.53 Å². The molecule has 0 bridgehead atoms. The van der Waals surface area contributed by atoms with Gasteiger partial charge in [-0.1, -0.05) is 29.8 Å². The average Bonchev–Trinajstić information content (AvgIpc) is 3.05. The lowest BCUT2D eigenvalue weighted by molar-refractivity contribution is -0.139. The molecule has 2 N–H and O–H groups in total. The molecule has 1 fully saturated rings. The number of nitrogens with zero attached hydrogens (tertiary/aromatic N) is 3. The van der Waals surface area contributed by atoms with Crippen LogP contribution < -0.4 is 10.6 Å². The maximum Gasteiger partial charge on any atom is 0.338 e. The molecule has 1 aromatic carbocycles. The smallest absolute Gasteiger partial charge is 0.338 e. The van der Waals surface area contributed by atoms with E-state index in [1.807, 2.05) is 49.9 Å². The minimum atomic E-state index is -0.581. The monoisotopic (exact) mass is 471 g/mol. The minimum Gasteiger partial charge on any atom is -0.463 e. The van der Waals surface area contributed by atoms with Crippen molar-refractivity contribution in [1.29, 1.82) is 0 Å². The van der Waals surface area contributed by atoms with Crippen LogP contribution in [-0.4, -0.2) is 85.2 Å². The van der Waals surface area contributed by atoms with Crippen LogP contribution in [0.1, 0.15) is 44.4 Å². The first kappa shape index (κ1) is 25.6. The zero-order valence-corrected chi connectivity index (χ0v) is 20.7. The van der Waals surface area contributed by atoms with E-state index in [2.05, 4.69) is 15.5 Å². The highest BCUT2D eigenvalue weighted by molar-refractivity contribution is 5.95. The number of urea groups is 2. The summed E-state index contributed by atoms with van der Waals surface area (Å²) in [5.41, 5.74) is 3.04. The number of benzene rings is 1. The molecule has 9 heteroatoms. The van der Waals surface area contributed by atoms with E-state index < -0.39 is 12.0 Å². The van der Waals surface area contributed by atoms with E-state index in [4.69, 9.17) is 4.74 Å². The fourth-order valence-corrected chi connectivity index (χ4v) is 4.56. The fourth-order valence-electron chi connectivity index (χ4n) is 4.56. The highest BCUT2D eigenvalue weighted by atomic mass is 16.5. The second-order valence-corrected chi connectivity index (χ2v) is 8.57. The highest BCUT2D eigenvalue weighted by Gasteiger charge is 2.38. The van der Waals surface area contributed by atoms with Crippen LogP contribution in [0, 0.1) is 6.92 Å². The van der Waals surface area contributed by atoms with Gasteiger partial charge >= 0.3 is 18.0 Å². The number of carbonyl (C=O) groups excluding carboxylic acids is 3. The van der Waals surface area contributed by atoms with Crippen LogP contribution in [0.2, 0.25) is 0 Å². The van der Waals surface area contributed by atoms with Gasteiger partial charge in [-0.3, -0.25) is 9.80 Å². The lowest BCUT2D eigenvalue weighted by Gasteiger charge is -2.38. The molecule has 0 unspecified atom stereocenters. The number of esters is 1. The summed E-state index contributed by atoms with van der Waals surface area (Å²) in [6, 6.07) is 6.96. The molecule has 0 spiro atoms. The summed E-state index contributed by atoms with van der Waals surface area (Å²) in [6.45, 7) is 12.0.